The van der Waals surface area contributed by atoms with E-state index in [2.05, 4.69) is 5.32 Å². The highest BCUT2D eigenvalue weighted by Crippen LogP contribution is 2.29. The van der Waals surface area contributed by atoms with E-state index in [9.17, 15) is 13.2 Å². The Morgan fingerprint density at radius 3 is 2.10 bits per heavy atom. The number of alkyl halides is 3. The number of nitrogens with zero attached hydrogens (tertiary/aromatic N) is 1. The van der Waals surface area contributed by atoms with Crippen LogP contribution in [0.25, 0.3) is 0 Å². The van der Waals surface area contributed by atoms with Gasteiger partial charge in [0, 0.05) is 12.1 Å². The van der Waals surface area contributed by atoms with E-state index >= 15 is 0 Å². The molecule has 120 valence electrons. The van der Waals surface area contributed by atoms with Crippen molar-refractivity contribution in [2.45, 2.75) is 39.0 Å². The van der Waals surface area contributed by atoms with E-state index in [1.54, 1.807) is 14.0 Å². The summed E-state index contributed by atoms with van der Waals surface area (Å²) in [6, 6.07) is 9.30. The van der Waals surface area contributed by atoms with Crippen molar-refractivity contribution in [3.05, 3.63) is 35.9 Å². The molecule has 0 aliphatic heterocycles. The monoisotopic (exact) mass is 302 g/mol. The van der Waals surface area contributed by atoms with Crippen LogP contribution in [0.5, 0.6) is 0 Å². The average molecular weight is 302 g/mol. The topological polar surface area (TPSA) is 15.3 Å². The summed E-state index contributed by atoms with van der Waals surface area (Å²) < 4.78 is 38.5. The maximum absolute atomic E-state index is 12.8. The van der Waals surface area contributed by atoms with Crippen molar-refractivity contribution >= 4 is 0 Å². The Balaban J connectivity index is 3.07. The number of halogens is 3. The maximum Gasteiger partial charge on any atom is 0.401 e. The summed E-state index contributed by atoms with van der Waals surface area (Å²) in [7, 11) is 1.80. The summed E-state index contributed by atoms with van der Waals surface area (Å²) >= 11 is 0. The molecule has 0 aliphatic rings. The molecule has 0 radical (unpaired) electrons. The van der Waals surface area contributed by atoms with Crippen molar-refractivity contribution in [1.29, 1.82) is 0 Å². The van der Waals surface area contributed by atoms with Gasteiger partial charge in [0.05, 0.1) is 6.54 Å². The van der Waals surface area contributed by atoms with Crippen molar-refractivity contribution in [2.75, 3.05) is 20.1 Å². The fourth-order valence-corrected chi connectivity index (χ4v) is 2.87. The first kappa shape index (κ1) is 18.0. The summed E-state index contributed by atoms with van der Waals surface area (Å²) in [5, 5.41) is 3.19. The van der Waals surface area contributed by atoms with Gasteiger partial charge in [0.1, 0.15) is 0 Å². The minimum absolute atomic E-state index is 0.102. The molecule has 0 heterocycles. The van der Waals surface area contributed by atoms with Crippen LogP contribution in [0.15, 0.2) is 30.3 Å². The van der Waals surface area contributed by atoms with Gasteiger partial charge in [-0.05, 0) is 25.1 Å². The first-order valence-corrected chi connectivity index (χ1v) is 7.33. The molecule has 1 aromatic rings. The van der Waals surface area contributed by atoms with Crippen molar-refractivity contribution < 1.29 is 13.2 Å². The van der Waals surface area contributed by atoms with Gasteiger partial charge in [0.2, 0.25) is 0 Å². The molecule has 0 aliphatic carbocycles. The number of benzene rings is 1. The Bertz CT molecular complexity index is 404. The Hall–Kier alpha value is -1.07. The number of likely N-dealkylation sites (N-methyl/N-ethyl adjacent to an activating group) is 2. The van der Waals surface area contributed by atoms with Gasteiger partial charge in [-0.3, -0.25) is 4.90 Å². The Morgan fingerprint density at radius 2 is 1.71 bits per heavy atom. The third-order valence-electron chi connectivity index (χ3n) is 3.70. The summed E-state index contributed by atoms with van der Waals surface area (Å²) in [5.74, 6) is 0.102. The molecule has 0 spiro atoms. The summed E-state index contributed by atoms with van der Waals surface area (Å²) in [6.07, 6.45) is -4.18. The minimum atomic E-state index is -4.18. The first-order valence-electron chi connectivity index (χ1n) is 7.33. The lowest BCUT2D eigenvalue weighted by molar-refractivity contribution is -0.153. The van der Waals surface area contributed by atoms with Crippen LogP contribution in [-0.4, -0.2) is 37.3 Å². The van der Waals surface area contributed by atoms with Crippen molar-refractivity contribution in [2.24, 2.45) is 5.92 Å². The lowest BCUT2D eigenvalue weighted by atomic mass is 9.89. The van der Waals surface area contributed by atoms with Crippen LogP contribution in [-0.2, 0) is 0 Å². The second-order valence-corrected chi connectivity index (χ2v) is 5.59. The second-order valence-electron chi connectivity index (χ2n) is 5.59. The summed E-state index contributed by atoms with van der Waals surface area (Å²) in [4.78, 5) is 1.51. The molecule has 0 saturated heterocycles. The predicted molar refractivity (Wildman–Crippen MR) is 80.2 cm³/mol. The van der Waals surface area contributed by atoms with Crippen LogP contribution in [0, 0.1) is 5.92 Å². The van der Waals surface area contributed by atoms with E-state index in [1.807, 2.05) is 44.2 Å². The highest BCUT2D eigenvalue weighted by atomic mass is 19.4. The van der Waals surface area contributed by atoms with E-state index in [4.69, 9.17) is 0 Å². The van der Waals surface area contributed by atoms with Crippen LogP contribution in [0.2, 0.25) is 0 Å². The van der Waals surface area contributed by atoms with Crippen molar-refractivity contribution in [1.82, 2.24) is 10.2 Å². The Kier molecular flexibility index (Phi) is 6.68. The van der Waals surface area contributed by atoms with E-state index < -0.39 is 12.7 Å². The number of hydrogen-bond acceptors (Lipinski definition) is 2. The number of hydrogen-bond donors (Lipinski definition) is 1. The van der Waals surface area contributed by atoms with Gasteiger partial charge in [0.25, 0.3) is 0 Å². The van der Waals surface area contributed by atoms with Crippen LogP contribution in [0.4, 0.5) is 13.2 Å². The van der Waals surface area contributed by atoms with Crippen LogP contribution in [0.3, 0.4) is 0 Å². The Morgan fingerprint density at radius 1 is 1.14 bits per heavy atom. The summed E-state index contributed by atoms with van der Waals surface area (Å²) in [5.41, 5.74) is 1.01. The zero-order chi connectivity index (χ0) is 16.0. The standard InChI is InChI=1S/C16H25F3N2/c1-5-21(11-16(17,18)19)15(12(2)3)14(20-4)13-9-7-6-8-10-13/h6-10,12,14-15,20H,5,11H2,1-4H3. The molecule has 0 saturated carbocycles. The van der Waals surface area contributed by atoms with Crippen LogP contribution < -0.4 is 5.32 Å². The molecule has 5 heteroatoms. The van der Waals surface area contributed by atoms with Gasteiger partial charge in [-0.25, -0.2) is 0 Å². The SMILES string of the molecule is CCN(CC(F)(F)F)C(C(C)C)C(NC)c1ccccc1. The third kappa shape index (κ3) is 5.32. The second kappa shape index (κ2) is 7.80. The fraction of sp³-hybridized carbons (Fsp3) is 0.625. The lowest BCUT2D eigenvalue weighted by Gasteiger charge is -2.39. The van der Waals surface area contributed by atoms with E-state index in [1.165, 1.54) is 4.90 Å². The molecule has 2 unspecified atom stereocenters. The van der Waals surface area contributed by atoms with Gasteiger partial charge in [-0.15, -0.1) is 0 Å². The van der Waals surface area contributed by atoms with Crippen molar-refractivity contribution in [3.63, 3.8) is 0 Å². The molecule has 0 amide bonds. The highest BCUT2D eigenvalue weighted by Gasteiger charge is 2.37. The third-order valence-corrected chi connectivity index (χ3v) is 3.70. The molecule has 0 aromatic heterocycles. The molecule has 1 N–H and O–H groups in total. The lowest BCUT2D eigenvalue weighted by Crippen LogP contribution is -2.50. The van der Waals surface area contributed by atoms with Crippen LogP contribution >= 0.6 is 0 Å². The molecule has 1 rings (SSSR count). The summed E-state index contributed by atoms with van der Waals surface area (Å²) in [6.45, 7) is 5.21. The first-order chi connectivity index (χ1) is 9.80. The van der Waals surface area contributed by atoms with E-state index in [0.29, 0.717) is 6.54 Å². The molecule has 2 nitrogen and oxygen atoms in total. The maximum atomic E-state index is 12.8. The van der Waals surface area contributed by atoms with Gasteiger partial charge < -0.3 is 5.32 Å². The average Bonchev–Trinajstić information content (AvgIpc) is 2.42. The van der Waals surface area contributed by atoms with E-state index in [0.717, 1.165) is 5.56 Å². The molecule has 1 aromatic carbocycles. The quantitative estimate of drug-likeness (QED) is 0.823. The smallest absolute Gasteiger partial charge is 0.312 e. The Labute approximate surface area is 125 Å². The molecule has 2 atom stereocenters. The van der Waals surface area contributed by atoms with Gasteiger partial charge in [-0.1, -0.05) is 51.1 Å². The van der Waals surface area contributed by atoms with Crippen molar-refractivity contribution in [3.8, 4) is 0 Å². The molecule has 21 heavy (non-hydrogen) atoms. The molecule has 0 bridgehead atoms. The highest BCUT2D eigenvalue weighted by molar-refractivity contribution is 5.21. The zero-order valence-electron chi connectivity index (χ0n) is 13.1. The normalized spacial score (nSPS) is 15.5. The molecular weight excluding hydrogens is 277 g/mol. The number of nitrogens with one attached hydrogen (secondary N) is 1. The molecule has 0 fully saturated rings. The van der Waals surface area contributed by atoms with Gasteiger partial charge in [0.15, 0.2) is 0 Å². The minimum Gasteiger partial charge on any atom is -0.312 e. The van der Waals surface area contributed by atoms with Gasteiger partial charge in [-0.2, -0.15) is 13.2 Å². The van der Waals surface area contributed by atoms with Crippen LogP contribution in [0.1, 0.15) is 32.4 Å². The van der Waals surface area contributed by atoms with Gasteiger partial charge >= 0.3 is 6.18 Å². The number of rotatable bonds is 7. The largest absolute Gasteiger partial charge is 0.401 e. The fourth-order valence-electron chi connectivity index (χ4n) is 2.87. The molecular formula is C16H25F3N2. The zero-order valence-corrected chi connectivity index (χ0v) is 13.1. The predicted octanol–water partition coefficient (Wildman–Crippen LogP) is 3.86. The van der Waals surface area contributed by atoms with E-state index in [-0.39, 0.29) is 18.0 Å².